The number of rotatable bonds is 7. The molecule has 0 saturated heterocycles. The smallest absolute Gasteiger partial charge is 0.0817 e. The Kier molecular flexibility index (Phi) is 5.23. The number of allylic oxidation sites excluding steroid dienone is 1. The van der Waals surface area contributed by atoms with Crippen LogP contribution in [0, 0.1) is 5.92 Å². The Labute approximate surface area is 142 Å². The third kappa shape index (κ3) is 4.20. The zero-order valence-corrected chi connectivity index (χ0v) is 13.9. The summed E-state index contributed by atoms with van der Waals surface area (Å²) >= 11 is 0. The summed E-state index contributed by atoms with van der Waals surface area (Å²) in [6.07, 6.45) is 7.43. The molecule has 1 aliphatic carbocycles. The van der Waals surface area contributed by atoms with Crippen LogP contribution in [0.25, 0.3) is 0 Å². The molecule has 4 N–H and O–H groups in total. The van der Waals surface area contributed by atoms with E-state index < -0.39 is 0 Å². The van der Waals surface area contributed by atoms with Gasteiger partial charge in [0.1, 0.15) is 0 Å². The number of hydrogen-bond acceptors (Lipinski definition) is 5. The number of anilines is 1. The second-order valence-electron chi connectivity index (χ2n) is 5.92. The third-order valence-electron chi connectivity index (χ3n) is 3.92. The normalized spacial score (nSPS) is 15.4. The lowest BCUT2D eigenvalue weighted by Gasteiger charge is -2.13. The van der Waals surface area contributed by atoms with Crippen LogP contribution in [-0.4, -0.2) is 17.7 Å². The van der Waals surface area contributed by atoms with E-state index in [4.69, 9.17) is 10.7 Å². The van der Waals surface area contributed by atoms with Crippen molar-refractivity contribution in [3.63, 3.8) is 0 Å². The van der Waals surface area contributed by atoms with E-state index in [0.717, 1.165) is 42.2 Å². The van der Waals surface area contributed by atoms with Gasteiger partial charge in [0.05, 0.1) is 23.3 Å². The van der Waals surface area contributed by atoms with Crippen LogP contribution >= 0.6 is 0 Å². The molecular formula is C19H23N5. The van der Waals surface area contributed by atoms with Crippen molar-refractivity contribution < 1.29 is 0 Å². The summed E-state index contributed by atoms with van der Waals surface area (Å²) in [6.45, 7) is 0.857. The highest BCUT2D eigenvalue weighted by molar-refractivity contribution is 6.06. The van der Waals surface area contributed by atoms with Crippen molar-refractivity contribution in [1.29, 1.82) is 0 Å². The summed E-state index contributed by atoms with van der Waals surface area (Å²) in [6, 6.07) is 12.2. The summed E-state index contributed by atoms with van der Waals surface area (Å²) in [5.41, 5.74) is 10.9. The number of hydrogen-bond donors (Lipinski definition) is 3. The average molecular weight is 321 g/mol. The first kappa shape index (κ1) is 16.2. The first-order valence-corrected chi connectivity index (χ1v) is 8.21. The lowest BCUT2D eigenvalue weighted by Crippen LogP contribution is -2.15. The van der Waals surface area contributed by atoms with Gasteiger partial charge in [-0.1, -0.05) is 12.1 Å². The number of nitrogens with zero attached hydrogens (tertiary/aromatic N) is 2. The highest BCUT2D eigenvalue weighted by Crippen LogP contribution is 2.35. The fraction of sp³-hybridized carbons (Fsp3) is 0.263. The van der Waals surface area contributed by atoms with E-state index in [-0.39, 0.29) is 0 Å². The quantitative estimate of drug-likeness (QED) is 0.685. The van der Waals surface area contributed by atoms with Gasteiger partial charge >= 0.3 is 0 Å². The fourth-order valence-corrected chi connectivity index (χ4v) is 2.54. The largest absolute Gasteiger partial charge is 0.403 e. The molecule has 3 rings (SSSR count). The molecule has 0 bridgehead atoms. The maximum absolute atomic E-state index is 5.89. The number of benzene rings is 1. The van der Waals surface area contributed by atoms with Gasteiger partial charge in [0.2, 0.25) is 0 Å². The summed E-state index contributed by atoms with van der Waals surface area (Å²) in [7, 11) is 1.94. The first-order chi connectivity index (χ1) is 11.8. The van der Waals surface area contributed by atoms with E-state index in [1.165, 1.54) is 5.56 Å². The average Bonchev–Trinajstić information content (AvgIpc) is 3.45. The van der Waals surface area contributed by atoms with Gasteiger partial charge in [0.25, 0.3) is 0 Å². The minimum Gasteiger partial charge on any atom is -0.403 e. The zero-order valence-electron chi connectivity index (χ0n) is 13.9. The minimum absolute atomic E-state index is 0.469. The SMILES string of the molecule is CNCc1ccc(N/C(=C/N)C(=Nc2cccnc2)C2CC2)cc1. The van der Waals surface area contributed by atoms with Gasteiger partial charge in [-0.25, -0.2) is 4.99 Å². The van der Waals surface area contributed by atoms with Crippen molar-refractivity contribution in [2.45, 2.75) is 19.4 Å². The molecule has 0 amide bonds. The van der Waals surface area contributed by atoms with Crippen LogP contribution in [-0.2, 0) is 6.54 Å². The van der Waals surface area contributed by atoms with Gasteiger partial charge in [0, 0.05) is 30.5 Å². The Morgan fingerprint density at radius 1 is 1.29 bits per heavy atom. The summed E-state index contributed by atoms with van der Waals surface area (Å²) in [4.78, 5) is 8.90. The standard InChI is InChI=1S/C19H23N5/c1-21-12-14-4-8-16(9-5-14)23-18(11-20)19(15-6-7-15)24-17-3-2-10-22-13-17/h2-5,8-11,13,15,21,23H,6-7,12,20H2,1H3/b18-11+,24-19?. The van der Waals surface area contributed by atoms with Crippen LogP contribution in [0.3, 0.4) is 0 Å². The second-order valence-corrected chi connectivity index (χ2v) is 5.92. The number of nitrogens with one attached hydrogen (secondary N) is 2. The number of pyridine rings is 1. The predicted octanol–water partition coefficient (Wildman–Crippen LogP) is 3.20. The highest BCUT2D eigenvalue weighted by atomic mass is 14.9. The molecule has 2 aromatic rings. The molecule has 0 atom stereocenters. The molecule has 24 heavy (non-hydrogen) atoms. The Balaban J connectivity index is 1.79. The molecule has 1 aliphatic rings. The van der Waals surface area contributed by atoms with E-state index in [2.05, 4.69) is 39.9 Å². The molecule has 0 aliphatic heterocycles. The lowest BCUT2D eigenvalue weighted by atomic mass is 10.1. The molecule has 1 saturated carbocycles. The van der Waals surface area contributed by atoms with Gasteiger partial charge in [-0.15, -0.1) is 0 Å². The highest BCUT2D eigenvalue weighted by Gasteiger charge is 2.30. The third-order valence-corrected chi connectivity index (χ3v) is 3.92. The maximum atomic E-state index is 5.89. The van der Waals surface area contributed by atoms with Crippen molar-refractivity contribution in [2.75, 3.05) is 12.4 Å². The van der Waals surface area contributed by atoms with Gasteiger partial charge in [-0.3, -0.25) is 4.98 Å². The van der Waals surface area contributed by atoms with E-state index in [1.807, 2.05) is 19.2 Å². The topological polar surface area (TPSA) is 75.3 Å². The van der Waals surface area contributed by atoms with Crippen LogP contribution in [0.15, 0.2) is 65.7 Å². The monoisotopic (exact) mass is 321 g/mol. The molecule has 5 nitrogen and oxygen atoms in total. The summed E-state index contributed by atoms with van der Waals surface area (Å²) in [5, 5.41) is 6.55. The van der Waals surface area contributed by atoms with Crippen molar-refractivity contribution in [3.05, 3.63) is 66.3 Å². The van der Waals surface area contributed by atoms with Crippen molar-refractivity contribution >= 4 is 17.1 Å². The van der Waals surface area contributed by atoms with E-state index >= 15 is 0 Å². The molecule has 0 unspecified atom stereocenters. The first-order valence-electron chi connectivity index (χ1n) is 8.21. The summed E-state index contributed by atoms with van der Waals surface area (Å²) < 4.78 is 0. The molecule has 1 heterocycles. The molecule has 0 radical (unpaired) electrons. The van der Waals surface area contributed by atoms with Crippen molar-refractivity contribution in [3.8, 4) is 0 Å². The van der Waals surface area contributed by atoms with Crippen LogP contribution in [0.4, 0.5) is 11.4 Å². The molecule has 124 valence electrons. The van der Waals surface area contributed by atoms with Gasteiger partial charge in [0.15, 0.2) is 0 Å². The number of aliphatic imine (C=N–C) groups is 1. The minimum atomic E-state index is 0.469. The predicted molar refractivity (Wildman–Crippen MR) is 99.2 cm³/mol. The molecular weight excluding hydrogens is 298 g/mol. The van der Waals surface area contributed by atoms with Crippen molar-refractivity contribution in [2.24, 2.45) is 16.6 Å². The number of nitrogens with two attached hydrogens (primary N) is 1. The molecule has 1 aromatic carbocycles. The second kappa shape index (κ2) is 7.75. The zero-order chi connectivity index (χ0) is 16.8. The van der Waals surface area contributed by atoms with Gasteiger partial charge < -0.3 is 16.4 Å². The molecule has 5 heteroatoms. The maximum Gasteiger partial charge on any atom is 0.0817 e. The molecule has 1 aromatic heterocycles. The Hall–Kier alpha value is -2.66. The molecule has 1 fully saturated rings. The summed E-state index contributed by atoms with van der Waals surface area (Å²) in [5.74, 6) is 0.469. The van der Waals surface area contributed by atoms with Crippen LogP contribution in [0.1, 0.15) is 18.4 Å². The Bertz CT molecular complexity index is 715. The van der Waals surface area contributed by atoms with Crippen LogP contribution in [0.5, 0.6) is 0 Å². The van der Waals surface area contributed by atoms with E-state index in [0.29, 0.717) is 5.92 Å². The van der Waals surface area contributed by atoms with E-state index in [9.17, 15) is 0 Å². The lowest BCUT2D eigenvalue weighted by molar-refractivity contribution is 0.818. The molecule has 0 spiro atoms. The van der Waals surface area contributed by atoms with E-state index in [1.54, 1.807) is 18.6 Å². The Morgan fingerprint density at radius 3 is 2.67 bits per heavy atom. The Morgan fingerprint density at radius 2 is 2.08 bits per heavy atom. The van der Waals surface area contributed by atoms with Gasteiger partial charge in [-0.2, -0.15) is 0 Å². The number of aromatic nitrogens is 1. The van der Waals surface area contributed by atoms with Crippen LogP contribution < -0.4 is 16.4 Å². The van der Waals surface area contributed by atoms with Gasteiger partial charge in [-0.05, 0) is 49.7 Å². The van der Waals surface area contributed by atoms with Crippen LogP contribution in [0.2, 0.25) is 0 Å². The van der Waals surface area contributed by atoms with Crippen molar-refractivity contribution in [1.82, 2.24) is 10.3 Å². The fourth-order valence-electron chi connectivity index (χ4n) is 2.54.